The highest BCUT2D eigenvalue weighted by Crippen LogP contribution is 2.25. The Hall–Kier alpha value is -1.77. The summed E-state index contributed by atoms with van der Waals surface area (Å²) in [6.45, 7) is 3.59. The molecular formula is C13H16O3. The Morgan fingerprint density at radius 2 is 2.12 bits per heavy atom. The van der Waals surface area contributed by atoms with Gasteiger partial charge in [-0.1, -0.05) is 6.08 Å². The molecule has 0 saturated carbocycles. The van der Waals surface area contributed by atoms with Crippen LogP contribution in [0.15, 0.2) is 30.9 Å². The number of carbonyl (C=O) groups is 1. The van der Waals surface area contributed by atoms with Crippen LogP contribution in [0.4, 0.5) is 0 Å². The zero-order chi connectivity index (χ0) is 12.0. The maximum Gasteiger partial charge on any atom is 0.167 e. The number of benzene rings is 1. The molecule has 16 heavy (non-hydrogen) atoms. The van der Waals surface area contributed by atoms with Gasteiger partial charge in [0.1, 0.15) is 11.5 Å². The normalized spacial score (nSPS) is 9.62. The van der Waals surface area contributed by atoms with E-state index in [-0.39, 0.29) is 5.78 Å². The van der Waals surface area contributed by atoms with Crippen LogP contribution in [-0.4, -0.2) is 20.0 Å². The molecule has 0 aliphatic carbocycles. The van der Waals surface area contributed by atoms with Crippen LogP contribution < -0.4 is 9.47 Å². The van der Waals surface area contributed by atoms with Crippen molar-refractivity contribution in [2.75, 3.05) is 14.2 Å². The average molecular weight is 220 g/mol. The molecule has 86 valence electrons. The number of hydrogen-bond donors (Lipinski definition) is 0. The Kier molecular flexibility index (Phi) is 4.58. The van der Waals surface area contributed by atoms with Crippen LogP contribution in [0.5, 0.6) is 11.5 Å². The van der Waals surface area contributed by atoms with E-state index in [2.05, 4.69) is 6.58 Å². The fourth-order valence-electron chi connectivity index (χ4n) is 1.40. The second kappa shape index (κ2) is 5.95. The minimum atomic E-state index is 0.0376. The molecule has 0 N–H and O–H groups in total. The van der Waals surface area contributed by atoms with E-state index < -0.39 is 0 Å². The van der Waals surface area contributed by atoms with Crippen molar-refractivity contribution < 1.29 is 14.3 Å². The summed E-state index contributed by atoms with van der Waals surface area (Å²) in [5.74, 6) is 1.27. The average Bonchev–Trinajstić information content (AvgIpc) is 2.35. The van der Waals surface area contributed by atoms with Gasteiger partial charge < -0.3 is 9.47 Å². The molecule has 0 aliphatic rings. The molecule has 0 saturated heterocycles. The lowest BCUT2D eigenvalue weighted by molar-refractivity contribution is 0.0980. The van der Waals surface area contributed by atoms with Crippen LogP contribution in [0.25, 0.3) is 0 Å². The van der Waals surface area contributed by atoms with Crippen molar-refractivity contribution in [2.24, 2.45) is 0 Å². The van der Waals surface area contributed by atoms with E-state index in [4.69, 9.17) is 9.47 Å². The van der Waals surface area contributed by atoms with Gasteiger partial charge in [0.2, 0.25) is 0 Å². The van der Waals surface area contributed by atoms with Gasteiger partial charge in [-0.25, -0.2) is 0 Å². The number of allylic oxidation sites excluding steroid dienone is 1. The molecular weight excluding hydrogens is 204 g/mol. The van der Waals surface area contributed by atoms with Crippen LogP contribution >= 0.6 is 0 Å². The monoisotopic (exact) mass is 220 g/mol. The van der Waals surface area contributed by atoms with Crippen molar-refractivity contribution in [3.8, 4) is 11.5 Å². The third kappa shape index (κ3) is 2.86. The number of Topliss-reactive ketones (excluding diaryl/α,β-unsaturated/α-hetero) is 1. The molecule has 3 nitrogen and oxygen atoms in total. The molecule has 0 spiro atoms. The number of ether oxygens (including phenoxy) is 2. The van der Waals surface area contributed by atoms with Gasteiger partial charge in [-0.3, -0.25) is 4.79 Å². The Bertz CT molecular complexity index is 383. The zero-order valence-corrected chi connectivity index (χ0v) is 9.66. The number of ketones is 1. The maximum atomic E-state index is 11.9. The Balaban J connectivity index is 2.98. The second-order valence-electron chi connectivity index (χ2n) is 3.32. The molecule has 0 bridgehead atoms. The third-order valence-electron chi connectivity index (χ3n) is 2.28. The van der Waals surface area contributed by atoms with Gasteiger partial charge in [0, 0.05) is 6.42 Å². The van der Waals surface area contributed by atoms with Gasteiger partial charge in [-0.15, -0.1) is 6.58 Å². The topological polar surface area (TPSA) is 35.5 Å². The Morgan fingerprint density at radius 3 is 2.69 bits per heavy atom. The third-order valence-corrected chi connectivity index (χ3v) is 2.28. The lowest BCUT2D eigenvalue weighted by Crippen LogP contribution is -2.02. The van der Waals surface area contributed by atoms with Crippen molar-refractivity contribution >= 4 is 5.78 Å². The van der Waals surface area contributed by atoms with Crippen LogP contribution in [0.2, 0.25) is 0 Å². The van der Waals surface area contributed by atoms with Crippen molar-refractivity contribution in [3.63, 3.8) is 0 Å². The minimum absolute atomic E-state index is 0.0376. The summed E-state index contributed by atoms with van der Waals surface area (Å²) in [6, 6.07) is 5.20. The quantitative estimate of drug-likeness (QED) is 0.546. The molecule has 0 atom stereocenters. The first-order valence-electron chi connectivity index (χ1n) is 5.09. The summed E-state index contributed by atoms with van der Waals surface area (Å²) in [5.41, 5.74) is 0.559. The first kappa shape index (κ1) is 12.3. The van der Waals surface area contributed by atoms with E-state index in [9.17, 15) is 4.79 Å². The minimum Gasteiger partial charge on any atom is -0.497 e. The summed E-state index contributed by atoms with van der Waals surface area (Å²) in [6.07, 6.45) is 2.83. The van der Waals surface area contributed by atoms with Gasteiger partial charge in [0.05, 0.1) is 19.8 Å². The highest BCUT2D eigenvalue weighted by atomic mass is 16.5. The number of carbonyl (C=O) groups excluding carboxylic acids is 1. The molecule has 0 fully saturated rings. The SMILES string of the molecule is C=CCCC(=O)c1cc(OC)ccc1OC. The predicted molar refractivity (Wildman–Crippen MR) is 63.3 cm³/mol. The van der Waals surface area contributed by atoms with Crippen molar-refractivity contribution in [3.05, 3.63) is 36.4 Å². The second-order valence-corrected chi connectivity index (χ2v) is 3.32. The molecule has 0 heterocycles. The van der Waals surface area contributed by atoms with E-state index in [0.29, 0.717) is 29.9 Å². The fraction of sp³-hybridized carbons (Fsp3) is 0.308. The van der Waals surface area contributed by atoms with Crippen molar-refractivity contribution in [1.82, 2.24) is 0 Å². The molecule has 1 aromatic carbocycles. The van der Waals surface area contributed by atoms with E-state index in [1.54, 1.807) is 38.5 Å². The predicted octanol–water partition coefficient (Wildman–Crippen LogP) is 2.85. The summed E-state index contributed by atoms with van der Waals surface area (Å²) in [5, 5.41) is 0. The Morgan fingerprint density at radius 1 is 1.38 bits per heavy atom. The highest BCUT2D eigenvalue weighted by Gasteiger charge is 2.12. The molecule has 0 amide bonds. The van der Waals surface area contributed by atoms with E-state index in [0.717, 1.165) is 0 Å². The smallest absolute Gasteiger partial charge is 0.167 e. The van der Waals surface area contributed by atoms with Crippen LogP contribution in [0.1, 0.15) is 23.2 Å². The van der Waals surface area contributed by atoms with Gasteiger partial charge in [-0.2, -0.15) is 0 Å². The van der Waals surface area contributed by atoms with E-state index >= 15 is 0 Å². The number of hydrogen-bond acceptors (Lipinski definition) is 3. The summed E-state index contributed by atoms with van der Waals surface area (Å²) in [7, 11) is 3.12. The largest absolute Gasteiger partial charge is 0.497 e. The number of rotatable bonds is 6. The maximum absolute atomic E-state index is 11.9. The molecule has 3 heteroatoms. The molecule has 0 aliphatic heterocycles. The zero-order valence-electron chi connectivity index (χ0n) is 9.66. The Labute approximate surface area is 95.7 Å². The molecule has 0 aromatic heterocycles. The van der Waals surface area contributed by atoms with Gasteiger partial charge >= 0.3 is 0 Å². The number of methoxy groups -OCH3 is 2. The van der Waals surface area contributed by atoms with E-state index in [1.807, 2.05) is 0 Å². The van der Waals surface area contributed by atoms with Gasteiger partial charge in [-0.05, 0) is 24.6 Å². The molecule has 1 aromatic rings. The first-order chi connectivity index (χ1) is 7.72. The standard InChI is InChI=1S/C13H16O3/c1-4-5-6-12(14)11-9-10(15-2)7-8-13(11)16-3/h4,7-9H,1,5-6H2,2-3H3. The van der Waals surface area contributed by atoms with Crippen molar-refractivity contribution in [2.45, 2.75) is 12.8 Å². The summed E-state index contributed by atoms with van der Waals surface area (Å²) < 4.78 is 10.2. The van der Waals surface area contributed by atoms with Gasteiger partial charge in [0.15, 0.2) is 5.78 Å². The molecule has 1 rings (SSSR count). The van der Waals surface area contributed by atoms with E-state index in [1.165, 1.54) is 0 Å². The molecule has 0 unspecified atom stereocenters. The summed E-state index contributed by atoms with van der Waals surface area (Å²) in [4.78, 5) is 11.9. The fourth-order valence-corrected chi connectivity index (χ4v) is 1.40. The highest BCUT2D eigenvalue weighted by molar-refractivity contribution is 5.99. The summed E-state index contributed by atoms with van der Waals surface area (Å²) >= 11 is 0. The lowest BCUT2D eigenvalue weighted by Gasteiger charge is -2.09. The van der Waals surface area contributed by atoms with Crippen molar-refractivity contribution in [1.29, 1.82) is 0 Å². The van der Waals surface area contributed by atoms with Crippen LogP contribution in [-0.2, 0) is 0 Å². The first-order valence-corrected chi connectivity index (χ1v) is 5.09. The van der Waals surface area contributed by atoms with Gasteiger partial charge in [0.25, 0.3) is 0 Å². The molecule has 0 radical (unpaired) electrons. The lowest BCUT2D eigenvalue weighted by atomic mass is 10.1. The van der Waals surface area contributed by atoms with Crippen LogP contribution in [0, 0.1) is 0 Å². The van der Waals surface area contributed by atoms with Crippen LogP contribution in [0.3, 0.4) is 0 Å².